The Labute approximate surface area is 195 Å². The van der Waals surface area contributed by atoms with Crippen molar-refractivity contribution in [1.82, 2.24) is 10.1 Å². The molecule has 2 bridgehead atoms. The van der Waals surface area contributed by atoms with Crippen LogP contribution in [0.5, 0.6) is 0 Å². The molecule has 170 valence electrons. The average molecular weight is 468 g/mol. The smallest absolute Gasteiger partial charge is 0.338 e. The van der Waals surface area contributed by atoms with Gasteiger partial charge in [0.25, 0.3) is 0 Å². The molecule has 9 heteroatoms. The zero-order chi connectivity index (χ0) is 22.9. The zero-order valence-corrected chi connectivity index (χ0v) is 18.6. The molecule has 2 aromatic carbocycles. The van der Waals surface area contributed by atoms with E-state index < -0.39 is 11.9 Å². The number of carbonyl (C=O) groups excluding carboxylic acids is 2. The maximum atomic E-state index is 13.2. The number of benzene rings is 2. The summed E-state index contributed by atoms with van der Waals surface area (Å²) < 4.78 is 16.6. The van der Waals surface area contributed by atoms with Crippen LogP contribution in [0.15, 0.2) is 53.1 Å². The third-order valence-corrected chi connectivity index (χ3v) is 6.32. The highest BCUT2D eigenvalue weighted by Crippen LogP contribution is 2.49. The molecule has 0 radical (unpaired) electrons. The molecule has 8 nitrogen and oxygen atoms in total. The van der Waals surface area contributed by atoms with Gasteiger partial charge in [-0.05, 0) is 68.3 Å². The third kappa shape index (κ3) is 4.24. The molecule has 2 aliphatic rings. The Morgan fingerprint density at radius 2 is 1.82 bits per heavy atom. The van der Waals surface area contributed by atoms with Crippen molar-refractivity contribution in [2.24, 2.45) is 5.92 Å². The molecule has 33 heavy (non-hydrogen) atoms. The highest BCUT2D eigenvalue weighted by molar-refractivity contribution is 6.30. The number of hydrogen-bond donors (Lipinski definition) is 1. The van der Waals surface area contributed by atoms with Gasteiger partial charge in [-0.25, -0.2) is 4.79 Å². The molecule has 2 aliphatic heterocycles. The van der Waals surface area contributed by atoms with E-state index in [0.717, 1.165) is 18.4 Å². The molecule has 2 saturated heterocycles. The lowest BCUT2D eigenvalue weighted by Crippen LogP contribution is -2.36. The molecule has 4 atom stereocenters. The van der Waals surface area contributed by atoms with Crippen LogP contribution in [0.4, 0.5) is 5.69 Å². The van der Waals surface area contributed by atoms with Crippen LogP contribution >= 0.6 is 11.6 Å². The fraction of sp³-hybridized carbons (Fsp3) is 0.333. The number of aromatic nitrogens is 2. The van der Waals surface area contributed by atoms with Crippen LogP contribution in [0.3, 0.4) is 0 Å². The summed E-state index contributed by atoms with van der Waals surface area (Å²) >= 11 is 5.96. The third-order valence-electron chi connectivity index (χ3n) is 6.07. The number of nitrogens with zero attached hydrogens (tertiary/aromatic N) is 2. The van der Waals surface area contributed by atoms with Crippen molar-refractivity contribution in [1.29, 1.82) is 0 Å². The number of halogens is 1. The minimum atomic E-state index is -0.452. The lowest BCUT2D eigenvalue weighted by atomic mass is 9.78. The van der Waals surface area contributed by atoms with Gasteiger partial charge in [-0.1, -0.05) is 16.8 Å². The summed E-state index contributed by atoms with van der Waals surface area (Å²) in [6.07, 6.45) is 1.30. The van der Waals surface area contributed by atoms with Gasteiger partial charge in [0.1, 0.15) is 0 Å². The standard InChI is InChI=1S/C24H22ClN3O5/c1-2-31-24(30)14-5-9-16(10-6-14)26-22(29)19-17-11-12-18(32-17)20(19)23-27-21(28-33-23)13-3-7-15(25)8-4-13/h3-10,17-20H,2,11-12H2,1H3,(H,26,29)/t17-,18+,19-,20+/m1/s1. The van der Waals surface area contributed by atoms with Gasteiger partial charge in [0, 0.05) is 16.3 Å². The SMILES string of the molecule is CCOC(=O)c1ccc(NC(=O)[C@H]2[C@@H](c3nc(-c4ccc(Cl)cc4)no3)[C@@H]3CC[C@H]2O3)cc1. The summed E-state index contributed by atoms with van der Waals surface area (Å²) in [7, 11) is 0. The number of carbonyl (C=O) groups is 2. The highest BCUT2D eigenvalue weighted by Gasteiger charge is 2.55. The molecule has 1 aromatic heterocycles. The van der Waals surface area contributed by atoms with E-state index in [4.69, 9.17) is 25.6 Å². The van der Waals surface area contributed by atoms with Crippen molar-refractivity contribution in [3.63, 3.8) is 0 Å². The molecule has 0 saturated carbocycles. The molecule has 0 aliphatic carbocycles. The molecule has 1 N–H and O–H groups in total. The molecule has 3 heterocycles. The van der Waals surface area contributed by atoms with Gasteiger partial charge in [0.2, 0.25) is 17.6 Å². The molecule has 3 aromatic rings. The van der Waals surface area contributed by atoms with Crippen molar-refractivity contribution >= 4 is 29.2 Å². The predicted octanol–water partition coefficient (Wildman–Crippen LogP) is 4.47. The number of esters is 1. The minimum Gasteiger partial charge on any atom is -0.462 e. The molecule has 0 spiro atoms. The second-order valence-corrected chi connectivity index (χ2v) is 8.53. The quantitative estimate of drug-likeness (QED) is 0.533. The Morgan fingerprint density at radius 1 is 1.09 bits per heavy atom. The van der Waals surface area contributed by atoms with Gasteiger partial charge in [-0.2, -0.15) is 4.98 Å². The second-order valence-electron chi connectivity index (χ2n) is 8.09. The lowest BCUT2D eigenvalue weighted by Gasteiger charge is -2.24. The van der Waals surface area contributed by atoms with Crippen molar-refractivity contribution in [2.75, 3.05) is 11.9 Å². The minimum absolute atomic E-state index is 0.143. The number of ether oxygens (including phenoxy) is 2. The molecular formula is C24H22ClN3O5. The normalized spacial score (nSPS) is 23.5. The van der Waals surface area contributed by atoms with Crippen LogP contribution in [0.2, 0.25) is 5.02 Å². The first-order valence-electron chi connectivity index (χ1n) is 10.9. The van der Waals surface area contributed by atoms with Gasteiger partial charge in [0.05, 0.1) is 36.2 Å². The first-order chi connectivity index (χ1) is 16.0. The lowest BCUT2D eigenvalue weighted by molar-refractivity contribution is -0.121. The zero-order valence-electron chi connectivity index (χ0n) is 17.9. The Kier molecular flexibility index (Phi) is 5.86. The summed E-state index contributed by atoms with van der Waals surface area (Å²) in [5.41, 5.74) is 1.79. The van der Waals surface area contributed by atoms with Crippen LogP contribution in [0, 0.1) is 5.92 Å². The Morgan fingerprint density at radius 3 is 2.55 bits per heavy atom. The van der Waals surface area contributed by atoms with E-state index >= 15 is 0 Å². The van der Waals surface area contributed by atoms with Gasteiger partial charge in [0.15, 0.2) is 0 Å². The van der Waals surface area contributed by atoms with E-state index in [1.807, 2.05) is 12.1 Å². The van der Waals surface area contributed by atoms with E-state index in [1.165, 1.54) is 0 Å². The predicted molar refractivity (Wildman–Crippen MR) is 120 cm³/mol. The Bertz CT molecular complexity index is 1160. The maximum Gasteiger partial charge on any atom is 0.338 e. The fourth-order valence-electron chi connectivity index (χ4n) is 4.54. The topological polar surface area (TPSA) is 104 Å². The summed E-state index contributed by atoms with van der Waals surface area (Å²) in [4.78, 5) is 29.6. The Hall–Kier alpha value is -3.23. The fourth-order valence-corrected chi connectivity index (χ4v) is 4.67. The van der Waals surface area contributed by atoms with Crippen molar-refractivity contribution < 1.29 is 23.6 Å². The summed E-state index contributed by atoms with van der Waals surface area (Å²) in [5, 5.41) is 7.66. The van der Waals surface area contributed by atoms with E-state index in [-0.39, 0.29) is 24.0 Å². The molecule has 2 fully saturated rings. The number of nitrogens with one attached hydrogen (secondary N) is 1. The van der Waals surface area contributed by atoms with Gasteiger partial charge >= 0.3 is 5.97 Å². The maximum absolute atomic E-state index is 13.2. The molecule has 1 amide bonds. The van der Waals surface area contributed by atoms with Crippen LogP contribution in [-0.2, 0) is 14.3 Å². The second kappa shape index (κ2) is 8.96. The number of fused-ring (bicyclic) bond motifs is 2. The van der Waals surface area contributed by atoms with Crippen LogP contribution in [0.1, 0.15) is 41.9 Å². The number of hydrogen-bond acceptors (Lipinski definition) is 7. The van der Waals surface area contributed by atoms with E-state index in [0.29, 0.717) is 34.6 Å². The first-order valence-corrected chi connectivity index (χ1v) is 11.2. The first kappa shape index (κ1) is 21.6. The highest BCUT2D eigenvalue weighted by atomic mass is 35.5. The van der Waals surface area contributed by atoms with Crippen LogP contribution in [0.25, 0.3) is 11.4 Å². The number of rotatable bonds is 6. The number of amides is 1. The summed E-state index contributed by atoms with van der Waals surface area (Å²) in [6.45, 7) is 2.06. The van der Waals surface area contributed by atoms with E-state index in [9.17, 15) is 9.59 Å². The summed E-state index contributed by atoms with van der Waals surface area (Å²) in [5.74, 6) is -0.515. The molecule has 5 rings (SSSR count). The number of anilines is 1. The van der Waals surface area contributed by atoms with E-state index in [1.54, 1.807) is 43.3 Å². The largest absolute Gasteiger partial charge is 0.462 e. The van der Waals surface area contributed by atoms with E-state index in [2.05, 4.69) is 15.5 Å². The van der Waals surface area contributed by atoms with Crippen LogP contribution < -0.4 is 5.32 Å². The van der Waals surface area contributed by atoms with Gasteiger partial charge in [-0.3, -0.25) is 4.79 Å². The Balaban J connectivity index is 1.34. The van der Waals surface area contributed by atoms with Crippen molar-refractivity contribution in [2.45, 2.75) is 37.9 Å². The van der Waals surface area contributed by atoms with Crippen molar-refractivity contribution in [3.05, 3.63) is 65.0 Å². The molecule has 0 unspecified atom stereocenters. The molecular weight excluding hydrogens is 446 g/mol. The monoisotopic (exact) mass is 467 g/mol. The van der Waals surface area contributed by atoms with Gasteiger partial charge < -0.3 is 19.3 Å². The van der Waals surface area contributed by atoms with Gasteiger partial charge in [-0.15, -0.1) is 0 Å². The average Bonchev–Trinajstić information content (AvgIpc) is 3.56. The van der Waals surface area contributed by atoms with Crippen LogP contribution in [-0.4, -0.2) is 40.8 Å². The summed E-state index contributed by atoms with van der Waals surface area (Å²) in [6, 6.07) is 13.8. The van der Waals surface area contributed by atoms with Crippen molar-refractivity contribution in [3.8, 4) is 11.4 Å².